The summed E-state index contributed by atoms with van der Waals surface area (Å²) in [4.78, 5) is 8.70. The average Bonchev–Trinajstić information content (AvgIpc) is 2.89. The van der Waals surface area contributed by atoms with Gasteiger partial charge in [0.05, 0.1) is 5.69 Å². The third-order valence-electron chi connectivity index (χ3n) is 2.99. The van der Waals surface area contributed by atoms with E-state index in [1.54, 1.807) is 4.52 Å². The minimum atomic E-state index is 0.518. The molecule has 0 bridgehead atoms. The van der Waals surface area contributed by atoms with Crippen molar-refractivity contribution >= 4 is 23.2 Å². The predicted octanol–water partition coefficient (Wildman–Crippen LogP) is 2.62. The van der Waals surface area contributed by atoms with Crippen LogP contribution in [0.1, 0.15) is 5.69 Å². The minimum Gasteiger partial charge on any atom is -0.291 e. The molecule has 0 saturated heterocycles. The SMILES string of the molecule is CSc1nc2nc(C)c(NO)c(-c3ccccc3)n2n1. The summed E-state index contributed by atoms with van der Waals surface area (Å²) in [5.41, 5.74) is 5.09. The first-order chi connectivity index (χ1) is 9.74. The van der Waals surface area contributed by atoms with Gasteiger partial charge >= 0.3 is 0 Å². The maximum Gasteiger partial charge on any atom is 0.254 e. The van der Waals surface area contributed by atoms with Crippen LogP contribution in [0.4, 0.5) is 5.69 Å². The molecule has 0 amide bonds. The number of thioether (sulfide) groups is 1. The molecule has 6 nitrogen and oxygen atoms in total. The highest BCUT2D eigenvalue weighted by atomic mass is 32.2. The van der Waals surface area contributed by atoms with E-state index in [1.807, 2.05) is 43.5 Å². The quantitative estimate of drug-likeness (QED) is 0.570. The number of nitrogens with one attached hydrogen (secondary N) is 1. The molecule has 102 valence electrons. The van der Waals surface area contributed by atoms with Crippen LogP contribution in [-0.4, -0.2) is 31.0 Å². The molecule has 0 saturated carbocycles. The zero-order valence-electron chi connectivity index (χ0n) is 11.0. The van der Waals surface area contributed by atoms with Crippen molar-refractivity contribution in [2.24, 2.45) is 0 Å². The van der Waals surface area contributed by atoms with Crippen LogP contribution in [0.2, 0.25) is 0 Å². The molecule has 0 aliphatic heterocycles. The number of benzene rings is 1. The Hall–Kier alpha value is -2.12. The van der Waals surface area contributed by atoms with Gasteiger partial charge in [0, 0.05) is 5.56 Å². The van der Waals surface area contributed by atoms with Crippen LogP contribution < -0.4 is 5.48 Å². The van der Waals surface area contributed by atoms with Crippen molar-refractivity contribution in [3.8, 4) is 11.3 Å². The van der Waals surface area contributed by atoms with Gasteiger partial charge in [-0.3, -0.25) is 10.7 Å². The highest BCUT2D eigenvalue weighted by molar-refractivity contribution is 7.98. The van der Waals surface area contributed by atoms with Gasteiger partial charge in [0.1, 0.15) is 11.4 Å². The Morgan fingerprint density at radius 3 is 2.60 bits per heavy atom. The van der Waals surface area contributed by atoms with Gasteiger partial charge in [-0.25, -0.2) is 4.98 Å². The molecular weight excluding hydrogens is 274 g/mol. The fraction of sp³-hybridized carbons (Fsp3) is 0.154. The average molecular weight is 287 g/mol. The molecule has 20 heavy (non-hydrogen) atoms. The first kappa shape index (κ1) is 12.9. The summed E-state index contributed by atoms with van der Waals surface area (Å²) in [7, 11) is 0. The van der Waals surface area contributed by atoms with E-state index in [4.69, 9.17) is 0 Å². The second-order valence-electron chi connectivity index (χ2n) is 4.21. The van der Waals surface area contributed by atoms with Crippen molar-refractivity contribution in [2.75, 3.05) is 11.7 Å². The molecule has 0 radical (unpaired) electrons. The van der Waals surface area contributed by atoms with Gasteiger partial charge in [-0.05, 0) is 13.2 Å². The van der Waals surface area contributed by atoms with E-state index in [9.17, 15) is 5.21 Å². The zero-order chi connectivity index (χ0) is 14.1. The van der Waals surface area contributed by atoms with Crippen molar-refractivity contribution in [3.05, 3.63) is 36.0 Å². The second-order valence-corrected chi connectivity index (χ2v) is 4.98. The smallest absolute Gasteiger partial charge is 0.254 e. The second kappa shape index (κ2) is 5.10. The molecule has 0 unspecified atom stereocenters. The van der Waals surface area contributed by atoms with Crippen molar-refractivity contribution < 1.29 is 5.21 Å². The molecule has 0 aliphatic carbocycles. The van der Waals surface area contributed by atoms with E-state index in [2.05, 4.69) is 20.5 Å². The molecule has 2 aromatic heterocycles. The van der Waals surface area contributed by atoms with E-state index >= 15 is 0 Å². The van der Waals surface area contributed by atoms with E-state index < -0.39 is 0 Å². The van der Waals surface area contributed by atoms with Gasteiger partial charge in [0.25, 0.3) is 5.78 Å². The molecule has 1 aromatic carbocycles. The molecule has 0 spiro atoms. The highest BCUT2D eigenvalue weighted by Gasteiger charge is 2.17. The molecule has 0 fully saturated rings. The van der Waals surface area contributed by atoms with E-state index in [0.717, 1.165) is 11.3 Å². The Bertz CT molecular complexity index is 756. The molecule has 2 heterocycles. The minimum absolute atomic E-state index is 0.518. The Balaban J connectivity index is 2.39. The lowest BCUT2D eigenvalue weighted by atomic mass is 10.1. The number of nitrogens with zero attached hydrogens (tertiary/aromatic N) is 4. The van der Waals surface area contributed by atoms with Gasteiger partial charge in [-0.2, -0.15) is 9.50 Å². The predicted molar refractivity (Wildman–Crippen MR) is 78.1 cm³/mol. The lowest BCUT2D eigenvalue weighted by Gasteiger charge is -2.11. The molecule has 3 rings (SSSR count). The summed E-state index contributed by atoms with van der Waals surface area (Å²) in [6.07, 6.45) is 1.91. The normalized spacial score (nSPS) is 10.9. The number of anilines is 1. The maximum absolute atomic E-state index is 9.43. The van der Waals surface area contributed by atoms with Crippen LogP contribution in [0.3, 0.4) is 0 Å². The lowest BCUT2D eigenvalue weighted by molar-refractivity contribution is 0.388. The first-order valence-electron chi connectivity index (χ1n) is 6.01. The topological polar surface area (TPSA) is 75.3 Å². The summed E-state index contributed by atoms with van der Waals surface area (Å²) >= 11 is 1.45. The van der Waals surface area contributed by atoms with Crippen molar-refractivity contribution in [3.63, 3.8) is 0 Å². The van der Waals surface area contributed by atoms with Crippen LogP contribution in [0.15, 0.2) is 35.5 Å². The maximum atomic E-state index is 9.43. The molecule has 0 atom stereocenters. The standard InChI is InChI=1S/C13H13N5OS/c1-8-10(17-19)11(9-6-4-3-5-7-9)18-12(14-8)15-13(16-18)20-2/h3-7,17,19H,1-2H3. The van der Waals surface area contributed by atoms with Crippen LogP contribution in [0.5, 0.6) is 0 Å². The summed E-state index contributed by atoms with van der Waals surface area (Å²) in [5, 5.41) is 14.5. The largest absolute Gasteiger partial charge is 0.291 e. The summed E-state index contributed by atoms with van der Waals surface area (Å²) in [5.74, 6) is 0.518. The Morgan fingerprint density at radius 2 is 1.95 bits per heavy atom. The number of fused-ring (bicyclic) bond motifs is 1. The number of aryl methyl sites for hydroxylation is 1. The third kappa shape index (κ3) is 2.00. The summed E-state index contributed by atoms with van der Waals surface area (Å²) in [6.45, 7) is 1.82. The third-order valence-corrected chi connectivity index (χ3v) is 3.53. The number of aromatic nitrogens is 4. The van der Waals surface area contributed by atoms with E-state index in [0.29, 0.717) is 22.3 Å². The number of hydrogen-bond donors (Lipinski definition) is 2. The van der Waals surface area contributed by atoms with Gasteiger partial charge in [0.15, 0.2) is 0 Å². The van der Waals surface area contributed by atoms with Crippen LogP contribution in [0.25, 0.3) is 17.0 Å². The van der Waals surface area contributed by atoms with Crippen molar-refractivity contribution in [1.82, 2.24) is 19.6 Å². The molecule has 3 aromatic rings. The Kier molecular flexibility index (Phi) is 3.29. The van der Waals surface area contributed by atoms with E-state index in [1.165, 1.54) is 11.8 Å². The summed E-state index contributed by atoms with van der Waals surface area (Å²) < 4.78 is 1.65. The van der Waals surface area contributed by atoms with Gasteiger partial charge in [-0.1, -0.05) is 42.1 Å². The van der Waals surface area contributed by atoms with Crippen molar-refractivity contribution in [2.45, 2.75) is 12.1 Å². The van der Waals surface area contributed by atoms with E-state index in [-0.39, 0.29) is 0 Å². The summed E-state index contributed by atoms with van der Waals surface area (Å²) in [6, 6.07) is 9.72. The number of rotatable bonds is 3. The van der Waals surface area contributed by atoms with Gasteiger partial charge < -0.3 is 0 Å². The first-order valence-corrected chi connectivity index (χ1v) is 7.24. The highest BCUT2D eigenvalue weighted by Crippen LogP contribution is 2.30. The fourth-order valence-electron chi connectivity index (χ4n) is 2.07. The fourth-order valence-corrected chi connectivity index (χ4v) is 2.41. The van der Waals surface area contributed by atoms with Crippen LogP contribution in [-0.2, 0) is 0 Å². The monoisotopic (exact) mass is 287 g/mol. The van der Waals surface area contributed by atoms with Crippen molar-refractivity contribution in [1.29, 1.82) is 0 Å². The number of hydrogen-bond acceptors (Lipinski definition) is 6. The van der Waals surface area contributed by atoms with Gasteiger partial charge in [-0.15, -0.1) is 5.10 Å². The Morgan fingerprint density at radius 1 is 1.20 bits per heavy atom. The molecule has 2 N–H and O–H groups in total. The van der Waals surface area contributed by atoms with Gasteiger partial charge in [0.2, 0.25) is 5.16 Å². The van der Waals surface area contributed by atoms with Crippen LogP contribution >= 0.6 is 11.8 Å². The molecule has 0 aliphatic rings. The Labute approximate surface area is 119 Å². The lowest BCUT2D eigenvalue weighted by Crippen LogP contribution is -2.05. The molecule has 7 heteroatoms. The zero-order valence-corrected chi connectivity index (χ0v) is 11.8. The van der Waals surface area contributed by atoms with Crippen LogP contribution in [0, 0.1) is 6.92 Å². The molecular formula is C13H13N5OS.